The number of carbonyl (C=O) groups excluding carboxylic acids is 3. The summed E-state index contributed by atoms with van der Waals surface area (Å²) in [6.07, 6.45) is 1.38. The summed E-state index contributed by atoms with van der Waals surface area (Å²) >= 11 is 13.4. The van der Waals surface area contributed by atoms with Crippen molar-refractivity contribution in [3.05, 3.63) is 63.1 Å². The number of para-hydroxylation sites is 1. The van der Waals surface area contributed by atoms with Crippen LogP contribution in [0.1, 0.15) is 17.0 Å². The average Bonchev–Trinajstić information content (AvgIpc) is 3.29. The molecule has 1 aliphatic heterocycles. The van der Waals surface area contributed by atoms with E-state index < -0.39 is 23.5 Å². The van der Waals surface area contributed by atoms with E-state index in [0.717, 1.165) is 20.8 Å². The van der Waals surface area contributed by atoms with Crippen LogP contribution in [0.4, 0.5) is 0 Å². The Balaban J connectivity index is 1.29. The zero-order valence-corrected chi connectivity index (χ0v) is 18.8. The number of nitrogens with zero attached hydrogens (tertiary/aromatic N) is 2. The van der Waals surface area contributed by atoms with Crippen LogP contribution >= 0.6 is 34.5 Å². The number of aromatic nitrogens is 1. The van der Waals surface area contributed by atoms with Gasteiger partial charge in [0, 0.05) is 13.1 Å². The molecule has 1 fully saturated rings. The third kappa shape index (κ3) is 4.89. The molecule has 160 valence electrons. The molecule has 31 heavy (non-hydrogen) atoms. The number of carbonyl (C=O) groups is 3. The Morgan fingerprint density at radius 1 is 1.16 bits per heavy atom. The van der Waals surface area contributed by atoms with Crippen LogP contribution in [-0.2, 0) is 27.3 Å². The largest absolute Gasteiger partial charge is 0.355 e. The van der Waals surface area contributed by atoms with Gasteiger partial charge in [0.25, 0.3) is 5.91 Å². The third-order valence-corrected chi connectivity index (χ3v) is 6.88. The standard InChI is InChI=1S/C22H19Cl2N3O3S/c23-15-8-7-13(10-16(15)24)4-3-9-25-21(29)14-11-27(22(30)20(14)28)12-19-26-17-5-1-2-6-18(17)31-19/h1-2,5-8,10,14H,3-4,9,11-12H2,(H,25,29). The molecule has 2 amide bonds. The van der Waals surface area contributed by atoms with Crippen molar-refractivity contribution in [1.82, 2.24) is 15.2 Å². The first kappa shape index (κ1) is 21.7. The highest BCUT2D eigenvalue weighted by atomic mass is 35.5. The molecule has 1 aromatic heterocycles. The number of Topliss-reactive ketones (excluding diaryl/α,β-unsaturated/α-hetero) is 1. The lowest BCUT2D eigenvalue weighted by molar-refractivity contribution is -0.142. The normalized spacial score (nSPS) is 16.3. The predicted molar refractivity (Wildman–Crippen MR) is 121 cm³/mol. The zero-order chi connectivity index (χ0) is 22.0. The fraction of sp³-hybridized carbons (Fsp3) is 0.273. The Kier molecular flexibility index (Phi) is 6.55. The minimum absolute atomic E-state index is 0.0756. The lowest BCUT2D eigenvalue weighted by atomic mass is 10.1. The van der Waals surface area contributed by atoms with Crippen molar-refractivity contribution in [3.63, 3.8) is 0 Å². The molecule has 1 atom stereocenters. The van der Waals surface area contributed by atoms with Gasteiger partial charge in [-0.25, -0.2) is 4.98 Å². The second kappa shape index (κ2) is 9.34. The molecule has 9 heteroatoms. The molecular weight excluding hydrogens is 457 g/mol. The molecule has 0 saturated carbocycles. The number of amides is 2. The number of ketones is 1. The molecule has 0 spiro atoms. The van der Waals surface area contributed by atoms with Crippen LogP contribution in [0.25, 0.3) is 10.2 Å². The maximum absolute atomic E-state index is 12.5. The lowest BCUT2D eigenvalue weighted by Crippen LogP contribution is -2.36. The van der Waals surface area contributed by atoms with Crippen molar-refractivity contribution in [1.29, 1.82) is 0 Å². The molecule has 2 aromatic carbocycles. The maximum atomic E-state index is 12.5. The van der Waals surface area contributed by atoms with Crippen molar-refractivity contribution >= 4 is 62.4 Å². The number of nitrogens with one attached hydrogen (secondary N) is 1. The van der Waals surface area contributed by atoms with E-state index in [1.165, 1.54) is 16.2 Å². The lowest BCUT2D eigenvalue weighted by Gasteiger charge is -2.13. The summed E-state index contributed by atoms with van der Waals surface area (Å²) in [5.41, 5.74) is 1.87. The van der Waals surface area contributed by atoms with Gasteiger partial charge in [-0.05, 0) is 42.7 Å². The SMILES string of the molecule is O=C(NCCCc1ccc(Cl)c(Cl)c1)C1CN(Cc2nc3ccccc3s2)C(=O)C1=O. The average molecular weight is 476 g/mol. The topological polar surface area (TPSA) is 79.4 Å². The Hall–Kier alpha value is -2.48. The summed E-state index contributed by atoms with van der Waals surface area (Å²) in [4.78, 5) is 43.1. The molecule has 0 radical (unpaired) electrons. The first-order chi connectivity index (χ1) is 14.9. The predicted octanol–water partition coefficient (Wildman–Crippen LogP) is 3.88. The highest BCUT2D eigenvalue weighted by Gasteiger charge is 2.43. The number of thiazole rings is 1. The molecule has 0 aliphatic carbocycles. The van der Waals surface area contributed by atoms with E-state index in [1.54, 1.807) is 12.1 Å². The van der Waals surface area contributed by atoms with Gasteiger partial charge in [0.2, 0.25) is 11.7 Å². The van der Waals surface area contributed by atoms with Gasteiger partial charge in [-0.1, -0.05) is 41.4 Å². The first-order valence-corrected chi connectivity index (χ1v) is 11.4. The van der Waals surface area contributed by atoms with Gasteiger partial charge in [0.15, 0.2) is 0 Å². The van der Waals surface area contributed by atoms with Crippen LogP contribution in [-0.4, -0.2) is 40.6 Å². The van der Waals surface area contributed by atoms with Crippen LogP contribution in [0, 0.1) is 5.92 Å². The van der Waals surface area contributed by atoms with Crippen LogP contribution in [0.2, 0.25) is 10.0 Å². The van der Waals surface area contributed by atoms with E-state index in [9.17, 15) is 14.4 Å². The monoisotopic (exact) mass is 475 g/mol. The van der Waals surface area contributed by atoms with Crippen LogP contribution in [0.5, 0.6) is 0 Å². The fourth-order valence-corrected chi connectivity index (χ4v) is 4.81. The zero-order valence-electron chi connectivity index (χ0n) is 16.4. The van der Waals surface area contributed by atoms with Crippen molar-refractivity contribution in [2.24, 2.45) is 5.92 Å². The molecule has 1 aliphatic rings. The van der Waals surface area contributed by atoms with E-state index in [4.69, 9.17) is 23.2 Å². The highest BCUT2D eigenvalue weighted by Crippen LogP contribution is 2.25. The number of fused-ring (bicyclic) bond motifs is 1. The molecule has 4 rings (SSSR count). The Morgan fingerprint density at radius 3 is 2.74 bits per heavy atom. The molecule has 0 bridgehead atoms. The summed E-state index contributed by atoms with van der Waals surface area (Å²) in [5.74, 6) is -2.69. The molecular formula is C22H19Cl2N3O3S. The smallest absolute Gasteiger partial charge is 0.291 e. The number of hydrogen-bond acceptors (Lipinski definition) is 5. The third-order valence-electron chi connectivity index (χ3n) is 5.12. The van der Waals surface area contributed by atoms with Gasteiger partial charge in [-0.2, -0.15) is 0 Å². The van der Waals surface area contributed by atoms with Crippen LogP contribution in [0.15, 0.2) is 42.5 Å². The van der Waals surface area contributed by atoms with E-state index in [1.807, 2.05) is 30.3 Å². The minimum Gasteiger partial charge on any atom is -0.355 e. The van der Waals surface area contributed by atoms with E-state index in [0.29, 0.717) is 29.4 Å². The molecule has 6 nitrogen and oxygen atoms in total. The molecule has 1 saturated heterocycles. The number of halogens is 2. The summed E-state index contributed by atoms with van der Waals surface area (Å²) in [6, 6.07) is 13.1. The maximum Gasteiger partial charge on any atom is 0.291 e. The van der Waals surface area contributed by atoms with Gasteiger partial charge in [-0.3, -0.25) is 14.4 Å². The van der Waals surface area contributed by atoms with Gasteiger partial charge < -0.3 is 10.2 Å². The Bertz CT molecular complexity index is 1130. The summed E-state index contributed by atoms with van der Waals surface area (Å²) < 4.78 is 1.02. The number of hydrogen-bond donors (Lipinski definition) is 1. The number of rotatable bonds is 7. The molecule has 1 unspecified atom stereocenters. The molecule has 3 aromatic rings. The molecule has 2 heterocycles. The highest BCUT2D eigenvalue weighted by molar-refractivity contribution is 7.18. The second-order valence-electron chi connectivity index (χ2n) is 7.32. The van der Waals surface area contributed by atoms with Crippen LogP contribution in [0.3, 0.4) is 0 Å². The number of benzene rings is 2. The van der Waals surface area contributed by atoms with Crippen molar-refractivity contribution in [3.8, 4) is 0 Å². The van der Waals surface area contributed by atoms with E-state index in [-0.39, 0.29) is 13.1 Å². The van der Waals surface area contributed by atoms with Gasteiger partial charge in [0.1, 0.15) is 10.9 Å². The van der Waals surface area contributed by atoms with Crippen molar-refractivity contribution < 1.29 is 14.4 Å². The molecule has 1 N–H and O–H groups in total. The van der Waals surface area contributed by atoms with Gasteiger partial charge in [0.05, 0.1) is 26.8 Å². The minimum atomic E-state index is -0.980. The van der Waals surface area contributed by atoms with Crippen molar-refractivity contribution in [2.45, 2.75) is 19.4 Å². The second-order valence-corrected chi connectivity index (χ2v) is 9.25. The summed E-state index contributed by atoms with van der Waals surface area (Å²) in [7, 11) is 0. The Morgan fingerprint density at radius 2 is 1.97 bits per heavy atom. The summed E-state index contributed by atoms with van der Waals surface area (Å²) in [5, 5.41) is 4.50. The number of aryl methyl sites for hydroxylation is 1. The van der Waals surface area contributed by atoms with E-state index >= 15 is 0 Å². The Labute approximate surface area is 193 Å². The quantitative estimate of drug-likeness (QED) is 0.319. The van der Waals surface area contributed by atoms with Gasteiger partial charge >= 0.3 is 0 Å². The summed E-state index contributed by atoms with van der Waals surface area (Å²) in [6.45, 7) is 0.701. The first-order valence-electron chi connectivity index (χ1n) is 9.81. The van der Waals surface area contributed by atoms with Gasteiger partial charge in [-0.15, -0.1) is 11.3 Å². The number of likely N-dealkylation sites (tertiary alicyclic amines) is 1. The fourth-order valence-electron chi connectivity index (χ4n) is 3.50. The van der Waals surface area contributed by atoms with E-state index in [2.05, 4.69) is 10.3 Å². The van der Waals surface area contributed by atoms with Crippen LogP contribution < -0.4 is 5.32 Å². The van der Waals surface area contributed by atoms with Crippen molar-refractivity contribution in [2.75, 3.05) is 13.1 Å².